The van der Waals surface area contributed by atoms with Crippen molar-refractivity contribution in [3.05, 3.63) is 11.7 Å². The monoisotopic (exact) mass is 251 g/mol. The fraction of sp³-hybridized carbons (Fsp3) is 0.857. The predicted octanol–water partition coefficient (Wildman–Crippen LogP) is 3.12. The number of nitrogens with two attached hydrogens (primary N) is 1. The van der Waals surface area contributed by atoms with Gasteiger partial charge in [0.1, 0.15) is 0 Å². The van der Waals surface area contributed by atoms with E-state index in [1.807, 2.05) is 0 Å². The molecule has 0 aliphatic heterocycles. The molecular formula is C14H25N3O. The second-order valence-corrected chi connectivity index (χ2v) is 7.49. The van der Waals surface area contributed by atoms with E-state index in [2.05, 4.69) is 44.8 Å². The van der Waals surface area contributed by atoms with Crippen LogP contribution in [0.2, 0.25) is 0 Å². The molecule has 1 aliphatic rings. The molecule has 0 radical (unpaired) electrons. The molecular weight excluding hydrogens is 226 g/mol. The van der Waals surface area contributed by atoms with Crippen LogP contribution in [0.3, 0.4) is 0 Å². The molecule has 0 spiro atoms. The van der Waals surface area contributed by atoms with Crippen molar-refractivity contribution < 1.29 is 4.52 Å². The second kappa shape index (κ2) is 4.05. The van der Waals surface area contributed by atoms with E-state index in [0.29, 0.717) is 17.1 Å². The quantitative estimate of drug-likeness (QED) is 0.832. The van der Waals surface area contributed by atoms with Gasteiger partial charge >= 0.3 is 0 Å². The van der Waals surface area contributed by atoms with E-state index in [1.165, 1.54) is 0 Å². The molecule has 1 heterocycles. The Bertz CT molecular complexity index is 418. The fourth-order valence-corrected chi connectivity index (χ4v) is 2.33. The van der Waals surface area contributed by atoms with Crippen molar-refractivity contribution in [2.75, 3.05) is 0 Å². The number of aromatic nitrogens is 2. The minimum Gasteiger partial charge on any atom is -0.339 e. The van der Waals surface area contributed by atoms with Crippen LogP contribution < -0.4 is 5.73 Å². The van der Waals surface area contributed by atoms with Gasteiger partial charge in [0, 0.05) is 5.41 Å². The van der Waals surface area contributed by atoms with Gasteiger partial charge in [-0.1, -0.05) is 39.8 Å². The predicted molar refractivity (Wildman–Crippen MR) is 71.1 cm³/mol. The molecule has 102 valence electrons. The summed E-state index contributed by atoms with van der Waals surface area (Å²) in [5.74, 6) is 1.36. The average Bonchev–Trinajstić information content (AvgIpc) is 2.72. The Hall–Kier alpha value is -0.900. The van der Waals surface area contributed by atoms with Crippen LogP contribution in [0.15, 0.2) is 4.52 Å². The minimum absolute atomic E-state index is 0.116. The van der Waals surface area contributed by atoms with Gasteiger partial charge in [-0.15, -0.1) is 0 Å². The number of hydrogen-bond acceptors (Lipinski definition) is 4. The van der Waals surface area contributed by atoms with Gasteiger partial charge in [0.2, 0.25) is 5.89 Å². The van der Waals surface area contributed by atoms with E-state index in [4.69, 9.17) is 10.3 Å². The lowest BCUT2D eigenvalue weighted by atomic mass is 9.69. The van der Waals surface area contributed by atoms with Gasteiger partial charge in [-0.25, -0.2) is 0 Å². The normalized spacial score (nSPS) is 23.0. The third-order valence-corrected chi connectivity index (χ3v) is 4.01. The summed E-state index contributed by atoms with van der Waals surface area (Å²) in [6.45, 7) is 10.8. The molecule has 0 unspecified atom stereocenters. The molecule has 0 atom stereocenters. The highest BCUT2D eigenvalue weighted by Crippen LogP contribution is 2.43. The van der Waals surface area contributed by atoms with Gasteiger partial charge in [-0.05, 0) is 31.1 Å². The van der Waals surface area contributed by atoms with Crippen molar-refractivity contribution in [2.45, 2.75) is 71.3 Å². The van der Waals surface area contributed by atoms with E-state index in [0.717, 1.165) is 25.7 Å². The first kappa shape index (κ1) is 13.5. The first-order chi connectivity index (χ1) is 8.12. The van der Waals surface area contributed by atoms with Crippen LogP contribution in [0, 0.1) is 5.41 Å². The Morgan fingerprint density at radius 2 is 1.67 bits per heavy atom. The molecule has 4 nitrogen and oxygen atoms in total. The Kier molecular flexibility index (Phi) is 3.05. The third kappa shape index (κ3) is 2.58. The summed E-state index contributed by atoms with van der Waals surface area (Å²) in [5, 5.41) is 4.11. The Labute approximate surface area is 109 Å². The number of nitrogens with zero attached hydrogens (tertiary/aromatic N) is 2. The van der Waals surface area contributed by atoms with Gasteiger partial charge in [0.25, 0.3) is 0 Å². The molecule has 2 N–H and O–H groups in total. The largest absolute Gasteiger partial charge is 0.339 e. The van der Waals surface area contributed by atoms with Crippen molar-refractivity contribution in [1.29, 1.82) is 0 Å². The number of hydrogen-bond donors (Lipinski definition) is 1. The molecule has 0 bridgehead atoms. The highest BCUT2D eigenvalue weighted by molar-refractivity contribution is 5.09. The summed E-state index contributed by atoms with van der Waals surface area (Å²) < 4.78 is 5.36. The van der Waals surface area contributed by atoms with Gasteiger partial charge in [0.05, 0.1) is 5.54 Å². The second-order valence-electron chi connectivity index (χ2n) is 7.49. The SMILES string of the molecule is CC1(C)CCC(N)(c2noc(C(C)(C)C)n2)CC1. The molecule has 4 heteroatoms. The highest BCUT2D eigenvalue weighted by Gasteiger charge is 2.40. The number of rotatable bonds is 1. The summed E-state index contributed by atoms with van der Waals surface area (Å²) in [6, 6.07) is 0. The maximum atomic E-state index is 6.47. The van der Waals surface area contributed by atoms with E-state index < -0.39 is 5.54 Å². The van der Waals surface area contributed by atoms with Crippen LogP contribution >= 0.6 is 0 Å². The first-order valence-corrected chi connectivity index (χ1v) is 6.76. The van der Waals surface area contributed by atoms with Crippen LogP contribution in [0.1, 0.15) is 72.0 Å². The summed E-state index contributed by atoms with van der Waals surface area (Å²) in [4.78, 5) is 4.52. The summed E-state index contributed by atoms with van der Waals surface area (Å²) >= 11 is 0. The molecule has 1 aliphatic carbocycles. The Morgan fingerprint density at radius 1 is 1.11 bits per heavy atom. The fourth-order valence-electron chi connectivity index (χ4n) is 2.33. The Morgan fingerprint density at radius 3 is 2.11 bits per heavy atom. The third-order valence-electron chi connectivity index (χ3n) is 4.01. The zero-order chi connectivity index (χ0) is 13.6. The summed E-state index contributed by atoms with van der Waals surface area (Å²) in [5.41, 5.74) is 6.35. The first-order valence-electron chi connectivity index (χ1n) is 6.76. The van der Waals surface area contributed by atoms with Crippen molar-refractivity contribution >= 4 is 0 Å². The van der Waals surface area contributed by atoms with Crippen molar-refractivity contribution in [3.63, 3.8) is 0 Å². The topological polar surface area (TPSA) is 64.9 Å². The lowest BCUT2D eigenvalue weighted by Crippen LogP contribution is -2.43. The molecule has 1 aromatic heterocycles. The van der Waals surface area contributed by atoms with Crippen LogP contribution in [-0.2, 0) is 11.0 Å². The van der Waals surface area contributed by atoms with Crippen LogP contribution in [-0.4, -0.2) is 10.1 Å². The van der Waals surface area contributed by atoms with Gasteiger partial charge in [-0.2, -0.15) is 4.98 Å². The Balaban J connectivity index is 2.19. The summed E-state index contributed by atoms with van der Waals surface area (Å²) in [6.07, 6.45) is 4.10. The zero-order valence-corrected chi connectivity index (χ0v) is 12.2. The van der Waals surface area contributed by atoms with Gasteiger partial charge in [0.15, 0.2) is 5.82 Å². The van der Waals surface area contributed by atoms with Crippen LogP contribution in [0.5, 0.6) is 0 Å². The van der Waals surface area contributed by atoms with E-state index in [1.54, 1.807) is 0 Å². The van der Waals surface area contributed by atoms with Crippen LogP contribution in [0.4, 0.5) is 0 Å². The molecule has 0 aromatic carbocycles. The molecule has 2 rings (SSSR count). The van der Waals surface area contributed by atoms with Crippen molar-refractivity contribution in [2.24, 2.45) is 11.1 Å². The lowest BCUT2D eigenvalue weighted by Gasteiger charge is -2.39. The molecule has 0 amide bonds. The molecule has 18 heavy (non-hydrogen) atoms. The van der Waals surface area contributed by atoms with E-state index in [9.17, 15) is 0 Å². The minimum atomic E-state index is -0.400. The van der Waals surface area contributed by atoms with Gasteiger partial charge < -0.3 is 10.3 Å². The molecule has 0 saturated heterocycles. The lowest BCUT2D eigenvalue weighted by molar-refractivity contribution is 0.156. The highest BCUT2D eigenvalue weighted by atomic mass is 16.5. The van der Waals surface area contributed by atoms with E-state index in [-0.39, 0.29) is 5.41 Å². The summed E-state index contributed by atoms with van der Waals surface area (Å²) in [7, 11) is 0. The molecule has 1 saturated carbocycles. The average molecular weight is 251 g/mol. The maximum Gasteiger partial charge on any atom is 0.232 e. The van der Waals surface area contributed by atoms with Crippen LogP contribution in [0.25, 0.3) is 0 Å². The van der Waals surface area contributed by atoms with Gasteiger partial charge in [-0.3, -0.25) is 0 Å². The standard InChI is InChI=1S/C14H25N3O/c1-12(2,3)11-16-10(17-18-11)14(15)8-6-13(4,5)7-9-14/h6-9,15H2,1-5H3. The molecule has 1 aromatic rings. The van der Waals surface area contributed by atoms with Crippen molar-refractivity contribution in [1.82, 2.24) is 10.1 Å². The van der Waals surface area contributed by atoms with E-state index >= 15 is 0 Å². The zero-order valence-electron chi connectivity index (χ0n) is 12.2. The molecule has 1 fully saturated rings. The maximum absolute atomic E-state index is 6.47. The van der Waals surface area contributed by atoms with Crippen molar-refractivity contribution in [3.8, 4) is 0 Å². The smallest absolute Gasteiger partial charge is 0.232 e.